The van der Waals surface area contributed by atoms with Gasteiger partial charge in [-0.3, -0.25) is 9.78 Å². The number of rotatable bonds is 4. The van der Waals surface area contributed by atoms with E-state index in [1.807, 2.05) is 25.1 Å². The molecule has 0 saturated heterocycles. The van der Waals surface area contributed by atoms with Gasteiger partial charge in [-0.1, -0.05) is 45.2 Å². The maximum absolute atomic E-state index is 12.4. The van der Waals surface area contributed by atoms with E-state index in [1.54, 1.807) is 0 Å². The Bertz CT molecular complexity index is 690. The number of carbonyl (C=O) groups is 1. The maximum Gasteiger partial charge on any atom is 0.254 e. The van der Waals surface area contributed by atoms with Crippen LogP contribution in [0.25, 0.3) is 0 Å². The third-order valence-electron chi connectivity index (χ3n) is 3.18. The van der Waals surface area contributed by atoms with Gasteiger partial charge in [0.25, 0.3) is 5.91 Å². The second kappa shape index (κ2) is 7.42. The molecule has 0 fully saturated rings. The highest BCUT2D eigenvalue weighted by Crippen LogP contribution is 2.25. The molecule has 0 aliphatic carbocycles. The average Bonchev–Trinajstić information content (AvgIpc) is 2.45. The van der Waals surface area contributed by atoms with Crippen LogP contribution in [0.2, 0.25) is 10.0 Å². The van der Waals surface area contributed by atoms with Gasteiger partial charge in [0.15, 0.2) is 0 Å². The van der Waals surface area contributed by atoms with Crippen LogP contribution in [0.4, 0.5) is 0 Å². The summed E-state index contributed by atoms with van der Waals surface area (Å²) in [7, 11) is 0. The van der Waals surface area contributed by atoms with Gasteiger partial charge in [-0.15, -0.1) is 0 Å². The van der Waals surface area contributed by atoms with E-state index in [0.717, 1.165) is 15.6 Å². The van der Waals surface area contributed by atoms with Crippen molar-refractivity contribution in [3.63, 3.8) is 0 Å². The van der Waals surface area contributed by atoms with Crippen LogP contribution < -0.4 is 5.32 Å². The minimum atomic E-state index is -0.555. The van der Waals surface area contributed by atoms with Gasteiger partial charge in [-0.05, 0) is 30.2 Å². The second-order valence-corrected chi connectivity index (χ2v) is 6.42. The molecule has 22 heavy (non-hydrogen) atoms. The van der Waals surface area contributed by atoms with Gasteiger partial charge in [0.05, 0.1) is 28.3 Å². The number of aromatic nitrogens is 1. The van der Waals surface area contributed by atoms with Crippen LogP contribution in [-0.4, -0.2) is 22.6 Å². The van der Waals surface area contributed by atoms with Crippen molar-refractivity contribution in [3.8, 4) is 0 Å². The summed E-state index contributed by atoms with van der Waals surface area (Å²) in [5.74, 6) is -0.459. The fraction of sp³-hybridized carbons (Fsp3) is 0.200. The summed E-state index contributed by atoms with van der Waals surface area (Å²) >= 11 is 15.3. The summed E-state index contributed by atoms with van der Waals surface area (Å²) in [6.07, 6.45) is 2.70. The Labute approximate surface area is 146 Å². The molecule has 1 unspecified atom stereocenters. The molecule has 2 N–H and O–H groups in total. The maximum atomic E-state index is 12.4. The molecule has 4 nitrogen and oxygen atoms in total. The highest BCUT2D eigenvalue weighted by molar-refractivity contribution is 9.10. The normalized spacial score (nSPS) is 12.0. The molecule has 0 bridgehead atoms. The first-order valence-corrected chi connectivity index (χ1v) is 7.95. The number of aryl methyl sites for hydroxylation is 1. The zero-order valence-electron chi connectivity index (χ0n) is 11.6. The Balaban J connectivity index is 2.29. The van der Waals surface area contributed by atoms with Gasteiger partial charge < -0.3 is 10.4 Å². The molecule has 116 valence electrons. The molecule has 2 rings (SSSR count). The van der Waals surface area contributed by atoms with Crippen molar-refractivity contribution < 1.29 is 9.90 Å². The fourth-order valence-corrected chi connectivity index (χ4v) is 3.12. The first-order chi connectivity index (χ1) is 10.4. The average molecular weight is 404 g/mol. The van der Waals surface area contributed by atoms with E-state index in [0.29, 0.717) is 0 Å². The van der Waals surface area contributed by atoms with Crippen LogP contribution in [0, 0.1) is 6.92 Å². The van der Waals surface area contributed by atoms with Gasteiger partial charge in [0, 0.05) is 16.9 Å². The summed E-state index contributed by atoms with van der Waals surface area (Å²) < 4.78 is 0.928. The van der Waals surface area contributed by atoms with Gasteiger partial charge in [-0.2, -0.15) is 0 Å². The molecule has 0 radical (unpaired) electrons. The lowest BCUT2D eigenvalue weighted by Gasteiger charge is -2.19. The van der Waals surface area contributed by atoms with Gasteiger partial charge in [0.1, 0.15) is 0 Å². The van der Waals surface area contributed by atoms with Gasteiger partial charge >= 0.3 is 0 Å². The summed E-state index contributed by atoms with van der Waals surface area (Å²) in [5.41, 5.74) is 1.91. The van der Waals surface area contributed by atoms with E-state index in [9.17, 15) is 9.90 Å². The van der Waals surface area contributed by atoms with E-state index in [1.165, 1.54) is 12.4 Å². The summed E-state index contributed by atoms with van der Waals surface area (Å²) in [6.45, 7) is 1.66. The minimum Gasteiger partial charge on any atom is -0.394 e. The van der Waals surface area contributed by atoms with Crippen molar-refractivity contribution in [2.45, 2.75) is 13.0 Å². The predicted molar refractivity (Wildman–Crippen MR) is 90.4 cm³/mol. The molecule has 0 spiro atoms. The Kier molecular flexibility index (Phi) is 5.81. The van der Waals surface area contributed by atoms with Crippen molar-refractivity contribution >= 4 is 45.0 Å². The number of aliphatic hydroxyl groups excluding tert-OH is 1. The molecule has 0 aliphatic rings. The quantitative estimate of drug-likeness (QED) is 0.813. The predicted octanol–water partition coefficient (Wildman–Crippen LogP) is 3.92. The summed E-state index contributed by atoms with van der Waals surface area (Å²) in [6, 6.07) is 5.05. The number of hydrogen-bond acceptors (Lipinski definition) is 3. The van der Waals surface area contributed by atoms with Crippen molar-refractivity contribution in [3.05, 3.63) is 61.8 Å². The zero-order valence-corrected chi connectivity index (χ0v) is 14.7. The summed E-state index contributed by atoms with van der Waals surface area (Å²) in [4.78, 5) is 16.2. The standard InChI is InChI=1S/C15H13BrCl2N2O2/c1-8-4-9(16)2-3-10(8)13(7-21)20-15(22)14-11(17)5-19-6-12(14)18/h2-6,13,21H,7H2,1H3,(H,20,22). The topological polar surface area (TPSA) is 62.2 Å². The molecule has 1 heterocycles. The van der Waals surface area contributed by atoms with Gasteiger partial charge in [-0.25, -0.2) is 0 Å². The number of pyridine rings is 1. The Hall–Kier alpha value is -1.14. The number of carbonyl (C=O) groups excluding carboxylic acids is 1. The number of aliphatic hydroxyl groups is 1. The Morgan fingerprint density at radius 2 is 2.00 bits per heavy atom. The van der Waals surface area contributed by atoms with Crippen LogP contribution in [0.5, 0.6) is 0 Å². The van der Waals surface area contributed by atoms with E-state index >= 15 is 0 Å². The van der Waals surface area contributed by atoms with Crippen LogP contribution in [0.3, 0.4) is 0 Å². The van der Waals surface area contributed by atoms with Crippen LogP contribution in [0.1, 0.15) is 27.5 Å². The molecule has 0 saturated carbocycles. The molecule has 1 aromatic carbocycles. The highest BCUT2D eigenvalue weighted by atomic mass is 79.9. The minimum absolute atomic E-state index is 0.145. The van der Waals surface area contributed by atoms with E-state index in [4.69, 9.17) is 23.2 Å². The first kappa shape index (κ1) is 17.2. The van der Waals surface area contributed by atoms with E-state index in [2.05, 4.69) is 26.2 Å². The SMILES string of the molecule is Cc1cc(Br)ccc1C(CO)NC(=O)c1c(Cl)cncc1Cl. The smallest absolute Gasteiger partial charge is 0.254 e. The number of nitrogens with one attached hydrogen (secondary N) is 1. The lowest BCUT2D eigenvalue weighted by Crippen LogP contribution is -2.31. The number of halogens is 3. The van der Waals surface area contributed by atoms with Crippen molar-refractivity contribution in [1.29, 1.82) is 0 Å². The Morgan fingerprint density at radius 3 is 2.55 bits per heavy atom. The van der Waals surface area contributed by atoms with Crippen LogP contribution >= 0.6 is 39.1 Å². The lowest BCUT2D eigenvalue weighted by molar-refractivity contribution is 0.0916. The molecule has 2 aromatic rings. The highest BCUT2D eigenvalue weighted by Gasteiger charge is 2.20. The monoisotopic (exact) mass is 402 g/mol. The van der Waals surface area contributed by atoms with E-state index in [-0.39, 0.29) is 22.2 Å². The molecule has 1 amide bonds. The van der Waals surface area contributed by atoms with Crippen molar-refractivity contribution in [1.82, 2.24) is 10.3 Å². The van der Waals surface area contributed by atoms with Crippen molar-refractivity contribution in [2.24, 2.45) is 0 Å². The molecular weight excluding hydrogens is 391 g/mol. The lowest BCUT2D eigenvalue weighted by atomic mass is 10.0. The molecule has 7 heteroatoms. The summed E-state index contributed by atoms with van der Waals surface area (Å²) in [5, 5.41) is 12.7. The number of amides is 1. The molecule has 1 atom stereocenters. The number of nitrogens with zero attached hydrogens (tertiary/aromatic N) is 1. The van der Waals surface area contributed by atoms with Crippen molar-refractivity contribution in [2.75, 3.05) is 6.61 Å². The largest absolute Gasteiger partial charge is 0.394 e. The third kappa shape index (κ3) is 3.79. The zero-order chi connectivity index (χ0) is 16.3. The van der Waals surface area contributed by atoms with Crippen LogP contribution in [-0.2, 0) is 0 Å². The second-order valence-electron chi connectivity index (χ2n) is 4.69. The fourth-order valence-electron chi connectivity index (χ4n) is 2.11. The molecule has 1 aromatic heterocycles. The molecule has 0 aliphatic heterocycles. The third-order valence-corrected chi connectivity index (χ3v) is 4.24. The Morgan fingerprint density at radius 1 is 1.36 bits per heavy atom. The number of hydrogen-bond donors (Lipinski definition) is 2. The number of benzene rings is 1. The molecular formula is C15H13BrCl2N2O2. The first-order valence-electron chi connectivity index (χ1n) is 6.40. The van der Waals surface area contributed by atoms with Gasteiger partial charge in [0.2, 0.25) is 0 Å². The van der Waals surface area contributed by atoms with E-state index < -0.39 is 11.9 Å². The van der Waals surface area contributed by atoms with Crippen LogP contribution in [0.15, 0.2) is 35.1 Å².